The van der Waals surface area contributed by atoms with Crippen LogP contribution in [0.1, 0.15) is 17.1 Å². The Kier molecular flexibility index (Phi) is 7.64. The Labute approximate surface area is 216 Å². The topological polar surface area (TPSA) is 158 Å². The van der Waals surface area contributed by atoms with Gasteiger partial charge in [0.2, 0.25) is 0 Å². The summed E-state index contributed by atoms with van der Waals surface area (Å²) >= 11 is 1.15. The van der Waals surface area contributed by atoms with Crippen LogP contribution in [0, 0.1) is 22.7 Å². The molecule has 0 saturated carbocycles. The second kappa shape index (κ2) is 11.2. The van der Waals surface area contributed by atoms with E-state index in [0.29, 0.717) is 22.8 Å². The van der Waals surface area contributed by atoms with Gasteiger partial charge in [-0.05, 0) is 60.7 Å². The lowest BCUT2D eigenvalue weighted by molar-refractivity contribution is -0.112. The monoisotopic (exact) mass is 531 g/mol. The molecule has 0 radical (unpaired) electrons. The number of hydrogen-bond donors (Lipinski definition) is 2. The van der Waals surface area contributed by atoms with E-state index in [2.05, 4.69) is 15.0 Å². The summed E-state index contributed by atoms with van der Waals surface area (Å²) in [6.07, 6.45) is 2.77. The summed E-state index contributed by atoms with van der Waals surface area (Å²) in [5.74, 6) is 0.615. The Hall–Kier alpha value is -4.91. The third kappa shape index (κ3) is 6.61. The molecule has 0 aliphatic heterocycles. The first-order valence-electron chi connectivity index (χ1n) is 10.5. The van der Waals surface area contributed by atoms with Gasteiger partial charge in [-0.3, -0.25) is 9.52 Å². The molecule has 0 saturated heterocycles. The quantitative estimate of drug-likeness (QED) is 0.235. The summed E-state index contributed by atoms with van der Waals surface area (Å²) in [5, 5.41) is 22.7. The molecule has 2 aromatic heterocycles. The number of nitrogens with zero attached hydrogens (tertiary/aromatic N) is 3. The molecule has 2 N–H and O–H groups in total. The SMILES string of the molecule is N#CC(=Cc1ccc(COc2ccc(C#N)cc2)o1)C(=O)Nc1ccc(S(=O)(=O)Nc2nccs2)cc1. The van der Waals surface area contributed by atoms with E-state index in [-0.39, 0.29) is 28.0 Å². The van der Waals surface area contributed by atoms with E-state index in [0.717, 1.165) is 11.3 Å². The molecule has 184 valence electrons. The summed E-state index contributed by atoms with van der Waals surface area (Å²) in [7, 11) is -3.83. The van der Waals surface area contributed by atoms with E-state index in [4.69, 9.17) is 14.4 Å². The highest BCUT2D eigenvalue weighted by Crippen LogP contribution is 2.21. The van der Waals surface area contributed by atoms with Crippen molar-refractivity contribution in [3.63, 3.8) is 0 Å². The molecule has 0 aliphatic carbocycles. The first-order chi connectivity index (χ1) is 17.9. The maximum Gasteiger partial charge on any atom is 0.266 e. The van der Waals surface area contributed by atoms with Crippen molar-refractivity contribution in [1.29, 1.82) is 10.5 Å². The fraction of sp³-hybridized carbons (Fsp3) is 0.0400. The highest BCUT2D eigenvalue weighted by atomic mass is 32.2. The Morgan fingerprint density at radius 2 is 1.84 bits per heavy atom. The minimum absolute atomic E-state index is 0.0110. The predicted octanol–water partition coefficient (Wildman–Crippen LogP) is 4.53. The molecule has 4 rings (SSSR count). The Balaban J connectivity index is 1.37. The van der Waals surface area contributed by atoms with Crippen LogP contribution >= 0.6 is 11.3 Å². The second-order valence-electron chi connectivity index (χ2n) is 7.32. The normalized spacial score (nSPS) is 11.2. The summed E-state index contributed by atoms with van der Waals surface area (Å²) in [5.41, 5.74) is 0.608. The number of nitriles is 2. The van der Waals surface area contributed by atoms with E-state index < -0.39 is 15.9 Å². The molecule has 0 spiro atoms. The summed E-state index contributed by atoms with van der Waals surface area (Å²) in [6.45, 7) is 0.112. The van der Waals surface area contributed by atoms with Crippen LogP contribution in [-0.4, -0.2) is 19.3 Å². The first kappa shape index (κ1) is 25.2. The molecular formula is C25H17N5O5S2. The van der Waals surface area contributed by atoms with Gasteiger partial charge in [-0.2, -0.15) is 10.5 Å². The van der Waals surface area contributed by atoms with Crippen LogP contribution < -0.4 is 14.8 Å². The average molecular weight is 532 g/mol. The van der Waals surface area contributed by atoms with Gasteiger partial charge in [0.05, 0.1) is 16.5 Å². The number of sulfonamides is 1. The smallest absolute Gasteiger partial charge is 0.266 e. The Morgan fingerprint density at radius 1 is 1.08 bits per heavy atom. The van der Waals surface area contributed by atoms with E-state index in [1.54, 1.807) is 41.8 Å². The number of furan rings is 1. The largest absolute Gasteiger partial charge is 0.486 e. The third-order valence-corrected chi connectivity index (χ3v) is 6.95. The van der Waals surface area contributed by atoms with Crippen LogP contribution in [0.2, 0.25) is 0 Å². The van der Waals surface area contributed by atoms with Crippen molar-refractivity contribution >= 4 is 44.2 Å². The van der Waals surface area contributed by atoms with Gasteiger partial charge >= 0.3 is 0 Å². The molecule has 4 aromatic rings. The minimum atomic E-state index is -3.83. The highest BCUT2D eigenvalue weighted by molar-refractivity contribution is 7.93. The van der Waals surface area contributed by atoms with Crippen molar-refractivity contribution in [1.82, 2.24) is 4.98 Å². The summed E-state index contributed by atoms with van der Waals surface area (Å²) in [4.78, 5) is 16.5. The van der Waals surface area contributed by atoms with Crippen molar-refractivity contribution in [3.8, 4) is 17.9 Å². The molecule has 1 amide bonds. The number of rotatable bonds is 9. The van der Waals surface area contributed by atoms with Gasteiger partial charge in [0.1, 0.15) is 35.5 Å². The van der Waals surface area contributed by atoms with E-state index in [1.165, 1.54) is 36.5 Å². The van der Waals surface area contributed by atoms with Gasteiger partial charge in [0.25, 0.3) is 15.9 Å². The summed E-state index contributed by atoms with van der Waals surface area (Å²) < 4.78 is 38.4. The molecule has 2 heterocycles. The van der Waals surface area contributed by atoms with Crippen molar-refractivity contribution < 1.29 is 22.4 Å². The number of benzene rings is 2. The van der Waals surface area contributed by atoms with Crippen molar-refractivity contribution in [2.24, 2.45) is 0 Å². The number of carbonyl (C=O) groups is 1. The maximum atomic E-state index is 12.6. The molecule has 10 nitrogen and oxygen atoms in total. The van der Waals surface area contributed by atoms with Gasteiger partial charge in [0, 0.05) is 23.3 Å². The zero-order valence-corrected chi connectivity index (χ0v) is 20.5. The van der Waals surface area contributed by atoms with Crippen molar-refractivity contribution in [2.45, 2.75) is 11.5 Å². The lowest BCUT2D eigenvalue weighted by atomic mass is 10.2. The van der Waals surface area contributed by atoms with Gasteiger partial charge < -0.3 is 14.5 Å². The lowest BCUT2D eigenvalue weighted by Crippen LogP contribution is -2.15. The molecule has 0 bridgehead atoms. The van der Waals surface area contributed by atoms with Crippen LogP contribution in [-0.2, 0) is 21.4 Å². The Bertz CT molecular complexity index is 1610. The average Bonchev–Trinajstić information content (AvgIpc) is 3.58. The number of nitrogens with one attached hydrogen (secondary N) is 2. The zero-order chi connectivity index (χ0) is 26.3. The number of amides is 1. The van der Waals surface area contributed by atoms with Crippen molar-refractivity contribution in [2.75, 3.05) is 10.0 Å². The highest BCUT2D eigenvalue weighted by Gasteiger charge is 2.16. The fourth-order valence-electron chi connectivity index (χ4n) is 2.98. The van der Waals surface area contributed by atoms with Crippen LogP contribution in [0.25, 0.3) is 6.08 Å². The van der Waals surface area contributed by atoms with Crippen LogP contribution in [0.15, 0.2) is 87.1 Å². The van der Waals surface area contributed by atoms with Gasteiger partial charge in [0.15, 0.2) is 5.13 Å². The molecule has 0 atom stereocenters. The number of ether oxygens (including phenoxy) is 1. The van der Waals surface area contributed by atoms with Crippen LogP contribution in [0.5, 0.6) is 5.75 Å². The Morgan fingerprint density at radius 3 is 2.49 bits per heavy atom. The van der Waals surface area contributed by atoms with E-state index in [1.807, 2.05) is 12.1 Å². The van der Waals surface area contributed by atoms with Gasteiger partial charge in [-0.25, -0.2) is 13.4 Å². The lowest BCUT2D eigenvalue weighted by Gasteiger charge is -2.07. The number of hydrogen-bond acceptors (Lipinski definition) is 9. The number of anilines is 2. The molecule has 0 aliphatic rings. The number of thiazole rings is 1. The molecule has 0 unspecified atom stereocenters. The van der Waals surface area contributed by atoms with Crippen LogP contribution in [0.3, 0.4) is 0 Å². The fourth-order valence-corrected chi connectivity index (χ4v) is 4.77. The zero-order valence-electron chi connectivity index (χ0n) is 18.9. The molecule has 0 fully saturated rings. The third-order valence-electron chi connectivity index (χ3n) is 4.78. The second-order valence-corrected chi connectivity index (χ2v) is 9.90. The van der Waals surface area contributed by atoms with E-state index >= 15 is 0 Å². The molecule has 2 aromatic carbocycles. The summed E-state index contributed by atoms with van der Waals surface area (Å²) in [6, 6.07) is 19.2. The first-order valence-corrected chi connectivity index (χ1v) is 12.9. The predicted molar refractivity (Wildman–Crippen MR) is 136 cm³/mol. The maximum absolute atomic E-state index is 12.6. The molecule has 37 heavy (non-hydrogen) atoms. The standard InChI is InChI=1S/C25H17N5O5S2/c26-14-17-1-5-20(6-2-17)34-16-22-8-7-21(35-22)13-18(15-27)24(31)29-19-3-9-23(10-4-19)37(32,33)30-25-28-11-12-36-25/h1-13H,16H2,(H,28,30)(H,29,31). The number of carbonyl (C=O) groups excluding carboxylic acids is 1. The van der Waals surface area contributed by atoms with Gasteiger partial charge in [-0.1, -0.05) is 0 Å². The molecule has 12 heteroatoms. The van der Waals surface area contributed by atoms with E-state index in [9.17, 15) is 18.5 Å². The van der Waals surface area contributed by atoms with Crippen LogP contribution in [0.4, 0.5) is 10.8 Å². The van der Waals surface area contributed by atoms with Crippen molar-refractivity contribution in [3.05, 3.63) is 94.9 Å². The van der Waals surface area contributed by atoms with Gasteiger partial charge in [-0.15, -0.1) is 11.3 Å². The number of aromatic nitrogens is 1. The molecular weight excluding hydrogens is 514 g/mol. The minimum Gasteiger partial charge on any atom is -0.486 e.